The fraction of sp³-hybridized carbons (Fsp3) is 0.438. The first kappa shape index (κ1) is 14.4. The van der Waals surface area contributed by atoms with E-state index in [0.29, 0.717) is 0 Å². The van der Waals surface area contributed by atoms with E-state index in [-0.39, 0.29) is 0 Å². The predicted molar refractivity (Wildman–Crippen MR) is 85.7 cm³/mol. The Bertz CT molecular complexity index is 494. The van der Waals surface area contributed by atoms with E-state index in [1.54, 1.807) is 0 Å². The number of aromatic nitrogens is 1. The van der Waals surface area contributed by atoms with Gasteiger partial charge in [-0.15, -0.1) is 0 Å². The summed E-state index contributed by atoms with van der Waals surface area (Å²) in [4.78, 5) is 4.48. The van der Waals surface area contributed by atoms with Crippen LogP contribution in [0.1, 0.15) is 24.8 Å². The van der Waals surface area contributed by atoms with Gasteiger partial charge < -0.3 is 5.32 Å². The fourth-order valence-corrected chi connectivity index (χ4v) is 2.70. The molecule has 0 fully saturated rings. The summed E-state index contributed by atoms with van der Waals surface area (Å²) in [7, 11) is 0. The normalized spacial score (nSPS) is 11.0. The molecule has 0 saturated carbocycles. The molecule has 0 atom stereocenters. The SMILES string of the molecule is CSCCCCCNCc1cccc2cccnc12. The zero-order valence-corrected chi connectivity index (χ0v) is 12.4. The molecule has 0 bridgehead atoms. The lowest BCUT2D eigenvalue weighted by Gasteiger charge is -2.07. The summed E-state index contributed by atoms with van der Waals surface area (Å²) < 4.78 is 0. The molecular formula is C16H22N2S. The summed E-state index contributed by atoms with van der Waals surface area (Å²) in [5.41, 5.74) is 2.42. The summed E-state index contributed by atoms with van der Waals surface area (Å²) >= 11 is 1.94. The number of fused-ring (bicyclic) bond motifs is 1. The number of thioether (sulfide) groups is 1. The molecule has 19 heavy (non-hydrogen) atoms. The Morgan fingerprint density at radius 1 is 1.11 bits per heavy atom. The zero-order chi connectivity index (χ0) is 13.3. The summed E-state index contributed by atoms with van der Waals surface area (Å²) in [6.07, 6.45) is 7.96. The number of pyridine rings is 1. The Hall–Kier alpha value is -1.06. The highest BCUT2D eigenvalue weighted by Gasteiger charge is 2.00. The molecule has 2 aromatic rings. The largest absolute Gasteiger partial charge is 0.313 e. The minimum atomic E-state index is 0.914. The minimum absolute atomic E-state index is 0.914. The Kier molecular flexibility index (Phi) is 6.18. The van der Waals surface area contributed by atoms with Gasteiger partial charge in [0.2, 0.25) is 0 Å². The molecule has 0 aliphatic carbocycles. The lowest BCUT2D eigenvalue weighted by Crippen LogP contribution is -2.15. The number of para-hydroxylation sites is 1. The third-order valence-corrected chi connectivity index (χ3v) is 3.93. The van der Waals surface area contributed by atoms with Gasteiger partial charge in [-0.05, 0) is 43.0 Å². The van der Waals surface area contributed by atoms with Gasteiger partial charge in [-0.1, -0.05) is 30.7 Å². The van der Waals surface area contributed by atoms with Crippen LogP contribution in [-0.4, -0.2) is 23.5 Å². The summed E-state index contributed by atoms with van der Waals surface area (Å²) in [5.74, 6) is 1.28. The topological polar surface area (TPSA) is 24.9 Å². The summed E-state index contributed by atoms with van der Waals surface area (Å²) in [6.45, 7) is 2.01. The molecule has 0 aliphatic heterocycles. The fourth-order valence-electron chi connectivity index (χ4n) is 2.21. The van der Waals surface area contributed by atoms with Crippen molar-refractivity contribution in [1.29, 1.82) is 0 Å². The first-order valence-electron chi connectivity index (χ1n) is 6.94. The average molecular weight is 274 g/mol. The molecule has 1 N–H and O–H groups in total. The lowest BCUT2D eigenvalue weighted by molar-refractivity contribution is 0.620. The zero-order valence-electron chi connectivity index (χ0n) is 11.6. The Balaban J connectivity index is 1.78. The molecule has 1 aromatic heterocycles. The van der Waals surface area contributed by atoms with Crippen LogP contribution in [0.5, 0.6) is 0 Å². The van der Waals surface area contributed by atoms with Gasteiger partial charge in [0.05, 0.1) is 5.52 Å². The van der Waals surface area contributed by atoms with E-state index < -0.39 is 0 Å². The molecule has 2 rings (SSSR count). The van der Waals surface area contributed by atoms with Crippen LogP contribution in [0.2, 0.25) is 0 Å². The second-order valence-electron chi connectivity index (χ2n) is 4.72. The van der Waals surface area contributed by atoms with E-state index in [4.69, 9.17) is 0 Å². The molecule has 0 amide bonds. The number of nitrogens with one attached hydrogen (secondary N) is 1. The molecule has 3 heteroatoms. The van der Waals surface area contributed by atoms with E-state index in [0.717, 1.165) is 18.6 Å². The first-order valence-corrected chi connectivity index (χ1v) is 8.33. The maximum Gasteiger partial charge on any atom is 0.0746 e. The molecule has 1 heterocycles. The van der Waals surface area contributed by atoms with Crippen molar-refractivity contribution in [2.24, 2.45) is 0 Å². The van der Waals surface area contributed by atoms with Gasteiger partial charge in [0, 0.05) is 18.1 Å². The van der Waals surface area contributed by atoms with Gasteiger partial charge in [-0.2, -0.15) is 11.8 Å². The number of rotatable bonds is 8. The van der Waals surface area contributed by atoms with Crippen LogP contribution < -0.4 is 5.32 Å². The summed E-state index contributed by atoms with van der Waals surface area (Å²) in [5, 5.41) is 4.75. The molecule has 0 saturated heterocycles. The molecule has 0 spiro atoms. The number of benzene rings is 1. The second kappa shape index (κ2) is 8.18. The molecule has 0 aliphatic rings. The standard InChI is InChI=1S/C16H22N2S/c1-19-12-4-2-3-10-17-13-15-8-5-7-14-9-6-11-18-16(14)15/h5-9,11,17H,2-4,10,12-13H2,1H3. The van der Waals surface area contributed by atoms with Crippen molar-refractivity contribution in [3.05, 3.63) is 42.1 Å². The quantitative estimate of drug-likeness (QED) is 0.740. The lowest BCUT2D eigenvalue weighted by atomic mass is 10.1. The highest BCUT2D eigenvalue weighted by Crippen LogP contribution is 2.15. The highest BCUT2D eigenvalue weighted by atomic mass is 32.2. The van der Waals surface area contributed by atoms with Crippen LogP contribution >= 0.6 is 11.8 Å². The van der Waals surface area contributed by atoms with E-state index in [1.165, 1.54) is 36.0 Å². The number of unbranched alkanes of at least 4 members (excludes halogenated alkanes) is 2. The van der Waals surface area contributed by atoms with Gasteiger partial charge in [0.15, 0.2) is 0 Å². The van der Waals surface area contributed by atoms with Gasteiger partial charge in [-0.25, -0.2) is 0 Å². The monoisotopic (exact) mass is 274 g/mol. The Labute approximate surface area is 120 Å². The third-order valence-electron chi connectivity index (χ3n) is 3.23. The minimum Gasteiger partial charge on any atom is -0.313 e. The van der Waals surface area contributed by atoms with Gasteiger partial charge >= 0.3 is 0 Å². The maximum absolute atomic E-state index is 4.48. The Morgan fingerprint density at radius 3 is 2.89 bits per heavy atom. The molecule has 1 aromatic carbocycles. The number of hydrogen-bond donors (Lipinski definition) is 1. The molecule has 102 valence electrons. The Morgan fingerprint density at radius 2 is 2.00 bits per heavy atom. The van der Waals surface area contributed by atoms with E-state index in [2.05, 4.69) is 40.8 Å². The average Bonchev–Trinajstić information content (AvgIpc) is 2.46. The van der Waals surface area contributed by atoms with Crippen molar-refractivity contribution in [3.63, 3.8) is 0 Å². The molecule has 2 nitrogen and oxygen atoms in total. The first-order chi connectivity index (χ1) is 9.42. The van der Waals surface area contributed by atoms with Crippen molar-refractivity contribution < 1.29 is 0 Å². The van der Waals surface area contributed by atoms with Crippen molar-refractivity contribution in [3.8, 4) is 0 Å². The van der Waals surface area contributed by atoms with Crippen LogP contribution in [-0.2, 0) is 6.54 Å². The molecule has 0 unspecified atom stereocenters. The van der Waals surface area contributed by atoms with Crippen molar-refractivity contribution in [1.82, 2.24) is 10.3 Å². The summed E-state index contributed by atoms with van der Waals surface area (Å²) in [6, 6.07) is 10.5. The third kappa shape index (κ3) is 4.51. The second-order valence-corrected chi connectivity index (χ2v) is 5.71. The molecular weight excluding hydrogens is 252 g/mol. The highest BCUT2D eigenvalue weighted by molar-refractivity contribution is 7.98. The van der Waals surface area contributed by atoms with Crippen LogP contribution in [0.3, 0.4) is 0 Å². The van der Waals surface area contributed by atoms with Crippen LogP contribution in [0.15, 0.2) is 36.5 Å². The van der Waals surface area contributed by atoms with E-state index in [1.807, 2.05) is 24.0 Å². The van der Waals surface area contributed by atoms with E-state index >= 15 is 0 Å². The van der Waals surface area contributed by atoms with Crippen LogP contribution in [0.25, 0.3) is 10.9 Å². The van der Waals surface area contributed by atoms with Crippen molar-refractivity contribution >= 4 is 22.7 Å². The number of nitrogens with zero attached hydrogens (tertiary/aromatic N) is 1. The maximum atomic E-state index is 4.48. The van der Waals surface area contributed by atoms with Crippen molar-refractivity contribution in [2.45, 2.75) is 25.8 Å². The predicted octanol–water partition coefficient (Wildman–Crippen LogP) is 3.86. The number of hydrogen-bond acceptors (Lipinski definition) is 3. The van der Waals surface area contributed by atoms with E-state index in [9.17, 15) is 0 Å². The molecule has 0 radical (unpaired) electrons. The van der Waals surface area contributed by atoms with Gasteiger partial charge in [-0.3, -0.25) is 4.98 Å². The smallest absolute Gasteiger partial charge is 0.0746 e. The van der Waals surface area contributed by atoms with Crippen LogP contribution in [0, 0.1) is 0 Å². The van der Waals surface area contributed by atoms with Gasteiger partial charge in [0.25, 0.3) is 0 Å². The van der Waals surface area contributed by atoms with Crippen LogP contribution in [0.4, 0.5) is 0 Å². The van der Waals surface area contributed by atoms with Gasteiger partial charge in [0.1, 0.15) is 0 Å². The van der Waals surface area contributed by atoms with Crippen molar-refractivity contribution in [2.75, 3.05) is 18.6 Å².